The minimum absolute atomic E-state index is 0. The third-order valence-electron chi connectivity index (χ3n) is 8.16. The van der Waals surface area contributed by atoms with Crippen LogP contribution in [0.25, 0.3) is 44.5 Å². The number of carboxylic acids is 4. The van der Waals surface area contributed by atoms with Crippen LogP contribution in [0.4, 0.5) is 5.69 Å². The monoisotopic (exact) mass is 862 g/mol. The van der Waals surface area contributed by atoms with E-state index in [1.165, 1.54) is 9.80 Å². The zero-order chi connectivity index (χ0) is 36.5. The van der Waals surface area contributed by atoms with E-state index in [-0.39, 0.29) is 92.0 Å². The van der Waals surface area contributed by atoms with Crippen LogP contribution in [0, 0.1) is 49.4 Å². The van der Waals surface area contributed by atoms with Gasteiger partial charge < -0.3 is 31.0 Å². The number of nitrogen functional groups attached to an aromatic ring is 1. The molecular weight excluding hydrogens is 825 g/mol. The summed E-state index contributed by atoms with van der Waals surface area (Å²) in [7, 11) is 0. The van der Waals surface area contributed by atoms with Crippen molar-refractivity contribution in [3.05, 3.63) is 126 Å². The smallest absolute Gasteiger partial charge is 0.549 e. The molecule has 5 N–H and O–H groups in total. The molecule has 0 unspecified atom stereocenters. The van der Waals surface area contributed by atoms with Crippen molar-refractivity contribution in [1.82, 2.24) is 9.80 Å². The average Bonchev–Trinajstić information content (AvgIpc) is 3.07. The minimum Gasteiger partial charge on any atom is -0.549 e. The molecule has 0 aromatic heterocycles. The number of benzene rings is 5. The van der Waals surface area contributed by atoms with Crippen molar-refractivity contribution in [2.75, 3.05) is 31.9 Å². The molecule has 5 aromatic carbocycles. The molecule has 0 atom stereocenters. The largest absolute Gasteiger partial charge is 1.00 e. The zero-order valence-electron chi connectivity index (χ0n) is 28.9. The van der Waals surface area contributed by atoms with Crippen molar-refractivity contribution in [2.45, 2.75) is 13.1 Å². The van der Waals surface area contributed by atoms with Crippen LogP contribution in [-0.2, 0) is 32.3 Å². The average molecular weight is 862 g/mol. The first kappa shape index (κ1) is 43.7. The molecule has 0 aliphatic carbocycles. The van der Waals surface area contributed by atoms with Gasteiger partial charge in [-0.25, -0.2) is 0 Å². The summed E-state index contributed by atoms with van der Waals surface area (Å²) in [5, 5.41) is 39.3. The second-order valence-corrected chi connectivity index (χ2v) is 12.2. The quantitative estimate of drug-likeness (QED) is 0.0835. The van der Waals surface area contributed by atoms with Gasteiger partial charge in [0.1, 0.15) is 0 Å². The van der Waals surface area contributed by atoms with E-state index in [2.05, 4.69) is 0 Å². The van der Waals surface area contributed by atoms with E-state index in [0.29, 0.717) is 11.3 Å². The second kappa shape index (κ2) is 20.7. The van der Waals surface area contributed by atoms with Crippen LogP contribution in [0.5, 0.6) is 0 Å². The molecule has 1 radical (unpaired) electrons. The molecule has 5 aromatic rings. The summed E-state index contributed by atoms with van der Waals surface area (Å²) in [6.45, 7) is -1.64. The molecule has 0 heterocycles. The van der Waals surface area contributed by atoms with Crippen molar-refractivity contribution in [3.8, 4) is 44.5 Å². The molecule has 0 aliphatic rings. The van der Waals surface area contributed by atoms with Gasteiger partial charge in [-0.05, 0) is 98.1 Å². The molecular formula is C40H36EuN3NaO8. The molecule has 0 bridgehead atoms. The van der Waals surface area contributed by atoms with Crippen molar-refractivity contribution < 1.29 is 119 Å². The molecule has 0 saturated heterocycles. The van der Waals surface area contributed by atoms with Gasteiger partial charge in [-0.2, -0.15) is 0 Å². The Morgan fingerprint density at radius 3 is 1.21 bits per heavy atom. The summed E-state index contributed by atoms with van der Waals surface area (Å²) in [4.78, 5) is 48.1. The molecule has 0 spiro atoms. The van der Waals surface area contributed by atoms with Crippen LogP contribution in [0.3, 0.4) is 0 Å². The molecule has 267 valence electrons. The molecule has 53 heavy (non-hydrogen) atoms. The Bertz CT molecular complexity index is 1930. The fourth-order valence-corrected chi connectivity index (χ4v) is 5.97. The molecule has 0 aliphatic heterocycles. The van der Waals surface area contributed by atoms with E-state index in [4.69, 9.17) is 5.73 Å². The fraction of sp³-hybridized carbons (Fsp3) is 0.150. The summed E-state index contributed by atoms with van der Waals surface area (Å²) >= 11 is 0. The van der Waals surface area contributed by atoms with Gasteiger partial charge in [0.05, 0.1) is 25.6 Å². The summed E-state index contributed by atoms with van der Waals surface area (Å²) < 4.78 is 0. The van der Waals surface area contributed by atoms with E-state index in [0.717, 1.165) is 50.1 Å². The number of nitrogens with zero attached hydrogens (tertiary/aromatic N) is 2. The van der Waals surface area contributed by atoms with Crippen LogP contribution in [0.15, 0.2) is 115 Å². The number of carbonyl (C=O) groups is 4. The fourth-order valence-electron chi connectivity index (χ4n) is 5.97. The summed E-state index contributed by atoms with van der Waals surface area (Å²) in [5.41, 5.74) is 15.2. The van der Waals surface area contributed by atoms with E-state index < -0.39 is 50.1 Å². The van der Waals surface area contributed by atoms with E-state index in [1.807, 2.05) is 109 Å². The van der Waals surface area contributed by atoms with Crippen LogP contribution in [-0.4, -0.2) is 75.2 Å². The second-order valence-electron chi connectivity index (χ2n) is 12.2. The van der Waals surface area contributed by atoms with Gasteiger partial charge in [0.25, 0.3) is 0 Å². The van der Waals surface area contributed by atoms with Crippen molar-refractivity contribution in [2.24, 2.45) is 0 Å². The van der Waals surface area contributed by atoms with E-state index in [1.54, 1.807) is 6.07 Å². The van der Waals surface area contributed by atoms with Gasteiger partial charge in [0, 0.05) is 74.7 Å². The predicted octanol–water partition coefficient (Wildman–Crippen LogP) is 1.55. The third-order valence-corrected chi connectivity index (χ3v) is 8.16. The van der Waals surface area contributed by atoms with Gasteiger partial charge in [-0.15, -0.1) is 0 Å². The Morgan fingerprint density at radius 2 is 0.830 bits per heavy atom. The molecule has 0 amide bonds. The number of anilines is 1. The molecule has 11 nitrogen and oxygen atoms in total. The van der Waals surface area contributed by atoms with Crippen molar-refractivity contribution in [1.29, 1.82) is 0 Å². The number of carbonyl (C=O) groups excluding carboxylic acids is 1. The SMILES string of the molecule is Nc1ccc(-c2ccc(-c3cc(-c4cccc(CN(CC(=O)[O-])CC(=O)O)c4)cc(-c4cccc(CN(CC(=O)O)CC(=O)O)c4)c3)cc2)cc1.[Eu].[Na+]. The maximum Gasteiger partial charge on any atom is 1.00 e. The number of rotatable bonds is 16. The Balaban J connectivity index is 0.00000378. The molecule has 13 heteroatoms. The van der Waals surface area contributed by atoms with E-state index in [9.17, 15) is 39.6 Å². The van der Waals surface area contributed by atoms with Gasteiger partial charge in [0.15, 0.2) is 0 Å². The van der Waals surface area contributed by atoms with Gasteiger partial charge in [-0.3, -0.25) is 24.2 Å². The standard InChI is InChI=1S/C40H37N3O8.Eu.Na/c41-36-13-11-29(12-14-36)28-7-9-30(10-8-28)33-17-34(31-5-1-3-26(15-31)20-42(22-37(44)45)23-38(46)47)19-35(18-33)32-6-2-4-27(16-32)21-43(24-39(48)49)25-40(50)51;;/h1-19H,20-25,41H2,(H,44,45)(H,46,47)(H,48,49)(H,50,51);;/q;;+1/p-1. The van der Waals surface area contributed by atoms with Crippen LogP contribution in [0.2, 0.25) is 0 Å². The number of carboxylic acid groups (broad SMARTS) is 4. The Labute approximate surface area is 369 Å². The first-order valence-electron chi connectivity index (χ1n) is 16.0. The van der Waals surface area contributed by atoms with Crippen LogP contribution < -0.4 is 40.4 Å². The topological polar surface area (TPSA) is 185 Å². The predicted molar refractivity (Wildman–Crippen MR) is 191 cm³/mol. The molecule has 5 rings (SSSR count). The summed E-state index contributed by atoms with van der Waals surface area (Å²) in [6.07, 6.45) is 0. The van der Waals surface area contributed by atoms with Gasteiger partial charge >= 0.3 is 47.5 Å². The number of aliphatic carboxylic acids is 4. The maximum absolute atomic E-state index is 11.4. The van der Waals surface area contributed by atoms with Crippen LogP contribution >= 0.6 is 0 Å². The maximum atomic E-state index is 11.4. The third kappa shape index (κ3) is 13.3. The summed E-state index contributed by atoms with van der Waals surface area (Å²) in [5.74, 6) is -4.77. The normalized spacial score (nSPS) is 10.7. The number of hydrogen-bond donors (Lipinski definition) is 4. The van der Waals surface area contributed by atoms with Crippen molar-refractivity contribution >= 4 is 29.6 Å². The molecule has 0 fully saturated rings. The molecule has 0 saturated carbocycles. The Morgan fingerprint density at radius 1 is 0.491 bits per heavy atom. The first-order chi connectivity index (χ1) is 24.4. The van der Waals surface area contributed by atoms with Gasteiger partial charge in [0.2, 0.25) is 0 Å². The Kier molecular flexibility index (Phi) is 17.0. The first-order valence-corrected chi connectivity index (χ1v) is 16.0. The summed E-state index contributed by atoms with van der Waals surface area (Å²) in [6, 6.07) is 36.8. The van der Waals surface area contributed by atoms with E-state index >= 15 is 0 Å². The Hall–Kier alpha value is -3.72. The van der Waals surface area contributed by atoms with Crippen molar-refractivity contribution in [3.63, 3.8) is 0 Å². The zero-order valence-corrected chi connectivity index (χ0v) is 33.4. The minimum atomic E-state index is -1.37. The van der Waals surface area contributed by atoms with Crippen LogP contribution in [0.1, 0.15) is 11.1 Å². The number of hydrogen-bond acceptors (Lipinski definition) is 8. The number of nitrogens with two attached hydrogens (primary N) is 1. The van der Waals surface area contributed by atoms with Gasteiger partial charge in [-0.1, -0.05) is 72.8 Å².